The van der Waals surface area contributed by atoms with Gasteiger partial charge in [-0.15, -0.1) is 0 Å². The van der Waals surface area contributed by atoms with Crippen molar-refractivity contribution < 1.29 is 4.42 Å². The van der Waals surface area contributed by atoms with E-state index in [1.165, 1.54) is 11.9 Å². The van der Waals surface area contributed by atoms with Gasteiger partial charge >= 0.3 is 0 Å². The predicted octanol–water partition coefficient (Wildman–Crippen LogP) is 5.79. The summed E-state index contributed by atoms with van der Waals surface area (Å²) in [4.78, 5) is 8.96. The number of nitrogen functional groups attached to an aromatic ring is 1. The zero-order valence-electron chi connectivity index (χ0n) is 17.0. The number of hydrogen-bond donors (Lipinski definition) is 2. The molecule has 5 rings (SSSR count). The van der Waals surface area contributed by atoms with E-state index in [1.807, 2.05) is 66.7 Å². The lowest BCUT2D eigenvalue weighted by Gasteiger charge is -2.09. The van der Waals surface area contributed by atoms with Crippen LogP contribution in [0.2, 0.25) is 0 Å². The number of rotatable bonds is 6. The van der Waals surface area contributed by atoms with Crippen LogP contribution < -0.4 is 11.1 Å². The largest absolute Gasteiger partial charge is 0.437 e. The molecule has 0 amide bonds. The second-order valence-electron chi connectivity index (χ2n) is 7.36. The first-order valence-electron chi connectivity index (χ1n) is 10.3. The summed E-state index contributed by atoms with van der Waals surface area (Å²) in [6, 6.07) is 28.3. The average molecular weight is 406 g/mol. The van der Waals surface area contributed by atoms with Gasteiger partial charge in [-0.05, 0) is 29.7 Å². The smallest absolute Gasteiger partial charge is 0.232 e. The van der Waals surface area contributed by atoms with Crippen molar-refractivity contribution in [3.63, 3.8) is 0 Å². The van der Waals surface area contributed by atoms with Gasteiger partial charge in [0.15, 0.2) is 0 Å². The van der Waals surface area contributed by atoms with Crippen molar-refractivity contribution >= 4 is 22.6 Å². The Balaban J connectivity index is 1.57. The molecule has 3 aromatic carbocycles. The maximum atomic E-state index is 6.25. The van der Waals surface area contributed by atoms with Gasteiger partial charge in [-0.1, -0.05) is 72.8 Å². The van der Waals surface area contributed by atoms with Gasteiger partial charge in [0.1, 0.15) is 17.9 Å². The van der Waals surface area contributed by atoms with Crippen LogP contribution in [-0.4, -0.2) is 16.5 Å². The Morgan fingerprint density at radius 3 is 2.29 bits per heavy atom. The molecule has 5 aromatic rings. The number of nitrogens with zero attached hydrogens (tertiary/aromatic N) is 2. The predicted molar refractivity (Wildman–Crippen MR) is 126 cm³/mol. The van der Waals surface area contributed by atoms with Gasteiger partial charge in [0, 0.05) is 23.4 Å². The first kappa shape index (κ1) is 18.9. The highest BCUT2D eigenvalue weighted by atomic mass is 16.3. The Labute approximate surface area is 180 Å². The van der Waals surface area contributed by atoms with Crippen LogP contribution in [0.3, 0.4) is 0 Å². The van der Waals surface area contributed by atoms with Crippen molar-refractivity contribution in [1.29, 1.82) is 0 Å². The van der Waals surface area contributed by atoms with E-state index in [4.69, 9.17) is 10.2 Å². The molecule has 5 nitrogen and oxygen atoms in total. The number of nitrogens with one attached hydrogen (secondary N) is 1. The second-order valence-corrected chi connectivity index (χ2v) is 7.36. The molecule has 31 heavy (non-hydrogen) atoms. The first-order chi connectivity index (χ1) is 15.3. The van der Waals surface area contributed by atoms with Crippen LogP contribution in [0, 0.1) is 0 Å². The minimum Gasteiger partial charge on any atom is -0.437 e. The molecule has 0 aliphatic rings. The Bertz CT molecular complexity index is 1310. The maximum absolute atomic E-state index is 6.25. The molecule has 0 radical (unpaired) electrons. The molecule has 5 heteroatoms. The third-order valence-electron chi connectivity index (χ3n) is 5.24. The van der Waals surface area contributed by atoms with Crippen LogP contribution in [0.1, 0.15) is 5.56 Å². The van der Waals surface area contributed by atoms with E-state index in [9.17, 15) is 0 Å². The fourth-order valence-electron chi connectivity index (χ4n) is 3.81. The van der Waals surface area contributed by atoms with Crippen molar-refractivity contribution in [1.82, 2.24) is 9.97 Å². The van der Waals surface area contributed by atoms with Crippen LogP contribution in [-0.2, 0) is 6.42 Å². The summed E-state index contributed by atoms with van der Waals surface area (Å²) in [5, 5.41) is 4.37. The lowest BCUT2D eigenvalue weighted by atomic mass is 9.99. The highest BCUT2D eigenvalue weighted by molar-refractivity contribution is 6.05. The van der Waals surface area contributed by atoms with Crippen LogP contribution in [0.15, 0.2) is 95.7 Å². The lowest BCUT2D eigenvalue weighted by Crippen LogP contribution is -2.07. The Morgan fingerprint density at radius 2 is 1.55 bits per heavy atom. The standard InChI is InChI=1S/C26H22N4O/c27-21-13-7-8-18(16-21)14-15-28-25-23-22(19-9-3-1-4-10-19)24(20-11-5-2-6-12-20)31-26(23)30-17-29-25/h1-13,16-17H,14-15,27H2,(H,28,29,30). The van der Waals surface area contributed by atoms with Crippen LogP contribution in [0.25, 0.3) is 33.6 Å². The minimum atomic E-state index is 0.569. The van der Waals surface area contributed by atoms with Crippen LogP contribution >= 0.6 is 0 Å². The highest BCUT2D eigenvalue weighted by Gasteiger charge is 2.21. The molecule has 3 N–H and O–H groups in total. The summed E-state index contributed by atoms with van der Waals surface area (Å²) in [7, 11) is 0. The quantitative estimate of drug-likeness (QED) is 0.349. The molecular formula is C26H22N4O. The van der Waals surface area contributed by atoms with Crippen LogP contribution in [0.4, 0.5) is 11.5 Å². The van der Waals surface area contributed by atoms with Gasteiger partial charge < -0.3 is 15.5 Å². The van der Waals surface area contributed by atoms with Gasteiger partial charge in [-0.2, -0.15) is 0 Å². The van der Waals surface area contributed by atoms with Crippen molar-refractivity contribution in [2.75, 3.05) is 17.6 Å². The molecule has 0 spiro atoms. The Hall–Kier alpha value is -4.12. The summed E-state index contributed by atoms with van der Waals surface area (Å²) in [6.45, 7) is 0.718. The van der Waals surface area contributed by atoms with Crippen molar-refractivity contribution in [3.8, 4) is 22.5 Å². The topological polar surface area (TPSA) is 77.0 Å². The van der Waals surface area contributed by atoms with E-state index < -0.39 is 0 Å². The highest BCUT2D eigenvalue weighted by Crippen LogP contribution is 2.42. The molecule has 0 aliphatic carbocycles. The fourth-order valence-corrected chi connectivity index (χ4v) is 3.81. The summed E-state index contributed by atoms with van der Waals surface area (Å²) >= 11 is 0. The summed E-state index contributed by atoms with van der Waals surface area (Å²) in [6.07, 6.45) is 2.37. The lowest BCUT2D eigenvalue weighted by molar-refractivity contribution is 0.618. The van der Waals surface area contributed by atoms with Crippen molar-refractivity contribution in [3.05, 3.63) is 96.8 Å². The first-order valence-corrected chi connectivity index (χ1v) is 10.3. The molecule has 2 heterocycles. The molecule has 0 bridgehead atoms. The summed E-state index contributed by atoms with van der Waals surface area (Å²) < 4.78 is 6.25. The zero-order valence-corrected chi connectivity index (χ0v) is 17.0. The monoisotopic (exact) mass is 406 g/mol. The number of anilines is 2. The van der Waals surface area contributed by atoms with E-state index in [2.05, 4.69) is 33.5 Å². The fraction of sp³-hybridized carbons (Fsp3) is 0.0769. The number of furan rings is 1. The van der Waals surface area contributed by atoms with Crippen molar-refractivity contribution in [2.24, 2.45) is 0 Å². The minimum absolute atomic E-state index is 0.569. The van der Waals surface area contributed by atoms with E-state index in [0.717, 1.165) is 52.3 Å². The van der Waals surface area contributed by atoms with Gasteiger partial charge in [0.2, 0.25) is 5.71 Å². The van der Waals surface area contributed by atoms with E-state index in [-0.39, 0.29) is 0 Å². The average Bonchev–Trinajstić information content (AvgIpc) is 3.21. The summed E-state index contributed by atoms with van der Waals surface area (Å²) in [5.41, 5.74) is 11.5. The van der Waals surface area contributed by atoms with Gasteiger partial charge in [0.25, 0.3) is 0 Å². The molecule has 152 valence electrons. The number of fused-ring (bicyclic) bond motifs is 1. The molecule has 0 aliphatic heterocycles. The van der Waals surface area contributed by atoms with Crippen molar-refractivity contribution in [2.45, 2.75) is 6.42 Å². The molecule has 2 aromatic heterocycles. The molecule has 0 saturated heterocycles. The van der Waals surface area contributed by atoms with E-state index >= 15 is 0 Å². The third kappa shape index (κ3) is 3.85. The number of aromatic nitrogens is 2. The van der Waals surface area contributed by atoms with Gasteiger partial charge in [0.05, 0.1) is 5.39 Å². The molecule has 0 fully saturated rings. The summed E-state index contributed by atoms with van der Waals surface area (Å²) in [5.74, 6) is 1.56. The van der Waals surface area contributed by atoms with E-state index in [0.29, 0.717) is 5.71 Å². The van der Waals surface area contributed by atoms with Crippen LogP contribution in [0.5, 0.6) is 0 Å². The normalized spacial score (nSPS) is 11.0. The molecule has 0 atom stereocenters. The molecule has 0 saturated carbocycles. The SMILES string of the molecule is Nc1cccc(CCNc2ncnc3oc(-c4ccccc4)c(-c4ccccc4)c23)c1. The Morgan fingerprint density at radius 1 is 0.806 bits per heavy atom. The molecule has 0 unspecified atom stereocenters. The number of nitrogens with two attached hydrogens (primary N) is 1. The zero-order chi connectivity index (χ0) is 21.0. The van der Waals surface area contributed by atoms with E-state index in [1.54, 1.807) is 0 Å². The third-order valence-corrected chi connectivity index (χ3v) is 5.24. The van der Waals surface area contributed by atoms with Gasteiger partial charge in [-0.25, -0.2) is 9.97 Å². The Kier molecular flexibility index (Phi) is 5.07. The second kappa shape index (κ2) is 8.32. The number of hydrogen-bond acceptors (Lipinski definition) is 5. The number of benzene rings is 3. The van der Waals surface area contributed by atoms with Gasteiger partial charge in [-0.3, -0.25) is 0 Å². The maximum Gasteiger partial charge on any atom is 0.232 e. The molecular weight excluding hydrogens is 384 g/mol.